The second-order valence-corrected chi connectivity index (χ2v) is 8.33. The molecule has 2 fully saturated rings. The Balaban J connectivity index is 1.64. The van der Waals surface area contributed by atoms with Crippen LogP contribution >= 0.6 is 0 Å². The van der Waals surface area contributed by atoms with E-state index in [0.717, 1.165) is 19.3 Å². The monoisotopic (exact) mass is 342 g/mol. The molecule has 2 aliphatic rings. The highest BCUT2D eigenvalue weighted by Crippen LogP contribution is 2.37. The topological polar surface area (TPSA) is 43.4 Å². The molecule has 1 aromatic carbocycles. The van der Waals surface area contributed by atoms with Crippen molar-refractivity contribution in [1.29, 1.82) is 0 Å². The predicted molar refractivity (Wildman–Crippen MR) is 84.1 cm³/mol. The van der Waals surface area contributed by atoms with Crippen molar-refractivity contribution in [2.24, 2.45) is 5.92 Å². The third-order valence-electron chi connectivity index (χ3n) is 4.76. The van der Waals surface area contributed by atoms with E-state index >= 15 is 0 Å². The molecule has 2 atom stereocenters. The third-order valence-corrected chi connectivity index (χ3v) is 6.93. The lowest BCUT2D eigenvalue weighted by molar-refractivity contribution is -0.122. The number of carbonyl (C=O) groups excluding carboxylic acids is 1. The Kier molecular flexibility index (Phi) is 5.09. The lowest BCUT2D eigenvalue weighted by Gasteiger charge is -2.37. The lowest BCUT2D eigenvalue weighted by Crippen LogP contribution is -2.41. The SMILES string of the molecule is O=C(Cc1cccc(OC(F)F)c1)C1CC2CCCC(C1)S2=O. The minimum absolute atomic E-state index is 0.0531. The summed E-state index contributed by atoms with van der Waals surface area (Å²) < 4.78 is 41.1. The molecule has 2 unspecified atom stereocenters. The first-order valence-electron chi connectivity index (χ1n) is 7.99. The van der Waals surface area contributed by atoms with Crippen molar-refractivity contribution >= 4 is 16.6 Å². The van der Waals surface area contributed by atoms with E-state index in [2.05, 4.69) is 4.74 Å². The average Bonchev–Trinajstić information content (AvgIpc) is 2.46. The van der Waals surface area contributed by atoms with Crippen LogP contribution in [0.3, 0.4) is 0 Å². The number of Topliss-reactive ketones (excluding diaryl/α,β-unsaturated/α-hetero) is 1. The normalized spacial score (nSPS) is 30.2. The number of benzene rings is 1. The molecule has 23 heavy (non-hydrogen) atoms. The molecule has 0 aromatic heterocycles. The van der Waals surface area contributed by atoms with Gasteiger partial charge in [0, 0.05) is 33.6 Å². The molecule has 6 heteroatoms. The average molecular weight is 342 g/mol. The van der Waals surface area contributed by atoms with Crippen LogP contribution in [0, 0.1) is 5.92 Å². The van der Waals surface area contributed by atoms with E-state index in [1.54, 1.807) is 12.1 Å². The number of fused-ring (bicyclic) bond motifs is 2. The van der Waals surface area contributed by atoms with E-state index in [1.807, 2.05) is 0 Å². The molecule has 2 aliphatic heterocycles. The molecule has 126 valence electrons. The third kappa shape index (κ3) is 3.97. The Bertz CT molecular complexity index is 589. The Labute approximate surface area is 136 Å². The highest BCUT2D eigenvalue weighted by Gasteiger charge is 2.40. The van der Waals surface area contributed by atoms with Crippen molar-refractivity contribution < 1.29 is 22.5 Å². The summed E-state index contributed by atoms with van der Waals surface area (Å²) in [6.45, 7) is -2.87. The van der Waals surface area contributed by atoms with E-state index in [-0.39, 0.29) is 34.4 Å². The van der Waals surface area contributed by atoms with Crippen LogP contribution in [0.4, 0.5) is 8.78 Å². The first-order chi connectivity index (χ1) is 11.0. The smallest absolute Gasteiger partial charge is 0.387 e. The summed E-state index contributed by atoms with van der Waals surface area (Å²) >= 11 is 0. The van der Waals surface area contributed by atoms with E-state index in [4.69, 9.17) is 0 Å². The van der Waals surface area contributed by atoms with Gasteiger partial charge < -0.3 is 4.74 Å². The van der Waals surface area contributed by atoms with Gasteiger partial charge in [0.05, 0.1) is 0 Å². The fourth-order valence-electron chi connectivity index (χ4n) is 3.67. The Morgan fingerprint density at radius 3 is 2.61 bits per heavy atom. The van der Waals surface area contributed by atoms with Crippen LogP contribution in [-0.4, -0.2) is 27.1 Å². The molecular formula is C17H20F2O3S. The maximum atomic E-state index is 12.6. The first kappa shape index (κ1) is 16.6. The summed E-state index contributed by atoms with van der Waals surface area (Å²) in [5.74, 6) is 0.141. The maximum Gasteiger partial charge on any atom is 0.387 e. The maximum absolute atomic E-state index is 12.6. The standard InChI is InChI=1S/C17H20F2O3S/c18-17(19)22-13-4-1-3-11(7-13)8-16(20)12-9-14-5-2-6-15(10-12)23(14)21/h1,3-4,7,12,14-15,17H,2,5-6,8-10H2. The fourth-order valence-corrected chi connectivity index (χ4v) is 5.86. The van der Waals surface area contributed by atoms with Crippen LogP contribution in [0.5, 0.6) is 5.75 Å². The molecule has 0 amide bonds. The van der Waals surface area contributed by atoms with Gasteiger partial charge in [0.2, 0.25) is 0 Å². The molecule has 0 aliphatic carbocycles. The van der Waals surface area contributed by atoms with Gasteiger partial charge in [0.25, 0.3) is 0 Å². The number of halogens is 2. The zero-order chi connectivity index (χ0) is 16.4. The molecule has 3 rings (SSSR count). The minimum atomic E-state index is -2.87. The van der Waals surface area contributed by atoms with Crippen LogP contribution in [-0.2, 0) is 22.0 Å². The quantitative estimate of drug-likeness (QED) is 0.823. The highest BCUT2D eigenvalue weighted by molar-refractivity contribution is 7.86. The summed E-state index contributed by atoms with van der Waals surface area (Å²) in [5, 5.41) is 0.315. The summed E-state index contributed by atoms with van der Waals surface area (Å²) in [6, 6.07) is 6.31. The summed E-state index contributed by atoms with van der Waals surface area (Å²) in [5.41, 5.74) is 0.685. The van der Waals surface area contributed by atoms with Gasteiger partial charge in [-0.2, -0.15) is 8.78 Å². The molecule has 2 bridgehead atoms. The summed E-state index contributed by atoms with van der Waals surface area (Å²) in [7, 11) is -0.786. The van der Waals surface area contributed by atoms with Gasteiger partial charge in [0.1, 0.15) is 11.5 Å². The van der Waals surface area contributed by atoms with Gasteiger partial charge in [-0.05, 0) is 43.4 Å². The number of alkyl halides is 2. The van der Waals surface area contributed by atoms with Crippen molar-refractivity contribution in [3.05, 3.63) is 29.8 Å². The molecule has 3 nitrogen and oxygen atoms in total. The molecule has 0 N–H and O–H groups in total. The van der Waals surface area contributed by atoms with E-state index in [1.165, 1.54) is 12.1 Å². The van der Waals surface area contributed by atoms with Gasteiger partial charge in [-0.15, -0.1) is 0 Å². The van der Waals surface area contributed by atoms with Crippen LogP contribution in [0.2, 0.25) is 0 Å². The van der Waals surface area contributed by atoms with E-state index in [9.17, 15) is 17.8 Å². The number of hydrogen-bond acceptors (Lipinski definition) is 3. The van der Waals surface area contributed by atoms with Crippen molar-refractivity contribution in [3.8, 4) is 5.75 Å². The summed E-state index contributed by atoms with van der Waals surface area (Å²) in [4.78, 5) is 12.6. The molecule has 2 heterocycles. The summed E-state index contributed by atoms with van der Waals surface area (Å²) in [6.07, 6.45) is 4.63. The minimum Gasteiger partial charge on any atom is -0.435 e. The van der Waals surface area contributed by atoms with Crippen molar-refractivity contribution in [2.45, 2.75) is 55.6 Å². The zero-order valence-electron chi connectivity index (χ0n) is 12.8. The molecule has 1 aromatic rings. The lowest BCUT2D eigenvalue weighted by atomic mass is 9.85. The van der Waals surface area contributed by atoms with E-state index < -0.39 is 17.4 Å². The molecule has 0 saturated carbocycles. The number of hydrogen-bond donors (Lipinski definition) is 0. The molecular weight excluding hydrogens is 322 g/mol. The van der Waals surface area contributed by atoms with E-state index in [0.29, 0.717) is 18.4 Å². The Morgan fingerprint density at radius 2 is 1.96 bits per heavy atom. The van der Waals surface area contributed by atoms with Crippen molar-refractivity contribution in [3.63, 3.8) is 0 Å². The first-order valence-corrected chi connectivity index (χ1v) is 9.26. The fraction of sp³-hybridized carbons (Fsp3) is 0.588. The van der Waals surface area contributed by atoms with Gasteiger partial charge in [-0.1, -0.05) is 18.6 Å². The van der Waals surface area contributed by atoms with Crippen molar-refractivity contribution in [1.82, 2.24) is 0 Å². The van der Waals surface area contributed by atoms with Gasteiger partial charge >= 0.3 is 6.61 Å². The molecule has 0 radical (unpaired) electrons. The highest BCUT2D eigenvalue weighted by atomic mass is 32.2. The van der Waals surface area contributed by atoms with Crippen LogP contribution < -0.4 is 4.74 Å². The predicted octanol–water partition coefficient (Wildman–Crippen LogP) is 3.48. The Hall–Kier alpha value is -1.30. The zero-order valence-corrected chi connectivity index (χ0v) is 13.6. The molecule has 0 spiro atoms. The number of ketones is 1. The van der Waals surface area contributed by atoms with Gasteiger partial charge in [-0.3, -0.25) is 9.00 Å². The van der Waals surface area contributed by atoms with Crippen LogP contribution in [0.1, 0.15) is 37.7 Å². The largest absolute Gasteiger partial charge is 0.435 e. The Morgan fingerprint density at radius 1 is 1.26 bits per heavy atom. The van der Waals surface area contributed by atoms with Gasteiger partial charge in [-0.25, -0.2) is 0 Å². The van der Waals surface area contributed by atoms with Crippen LogP contribution in [0.15, 0.2) is 24.3 Å². The second kappa shape index (κ2) is 7.07. The molecule has 2 saturated heterocycles. The van der Waals surface area contributed by atoms with Crippen molar-refractivity contribution in [2.75, 3.05) is 0 Å². The number of ether oxygens (including phenoxy) is 1. The van der Waals surface area contributed by atoms with Crippen LogP contribution in [0.25, 0.3) is 0 Å². The number of carbonyl (C=O) groups is 1. The number of rotatable bonds is 5. The van der Waals surface area contributed by atoms with Gasteiger partial charge in [0.15, 0.2) is 0 Å². The second-order valence-electron chi connectivity index (χ2n) is 6.34.